The van der Waals surface area contributed by atoms with Crippen molar-refractivity contribution in [3.63, 3.8) is 0 Å². The van der Waals surface area contributed by atoms with Gasteiger partial charge in [0.2, 0.25) is 15.9 Å². The molecule has 166 valence electrons. The SMILES string of the molecule is O=C(Nc1c(F)cccc1N1CCCC1)C1CCCN(S(=O)(=O)c2ccc(F)cc2)C1. The summed E-state index contributed by atoms with van der Waals surface area (Å²) in [7, 11) is -3.84. The maximum atomic E-state index is 14.6. The summed E-state index contributed by atoms with van der Waals surface area (Å²) >= 11 is 0. The molecular formula is C22H25F2N3O3S. The van der Waals surface area contributed by atoms with Crippen LogP contribution in [0.4, 0.5) is 20.2 Å². The number of anilines is 2. The van der Waals surface area contributed by atoms with Gasteiger partial charge in [-0.15, -0.1) is 0 Å². The molecule has 0 bridgehead atoms. The second-order valence-corrected chi connectivity index (χ2v) is 9.91. The van der Waals surface area contributed by atoms with E-state index in [1.54, 1.807) is 12.1 Å². The number of sulfonamides is 1. The van der Waals surface area contributed by atoms with Crippen LogP contribution in [0.2, 0.25) is 0 Å². The van der Waals surface area contributed by atoms with Gasteiger partial charge in [0.15, 0.2) is 0 Å². The first-order valence-electron chi connectivity index (χ1n) is 10.5. The number of benzene rings is 2. The average Bonchev–Trinajstić information content (AvgIpc) is 3.30. The number of halogens is 2. The highest BCUT2D eigenvalue weighted by Crippen LogP contribution is 2.32. The van der Waals surface area contributed by atoms with Gasteiger partial charge in [-0.05, 0) is 62.1 Å². The topological polar surface area (TPSA) is 69.7 Å². The number of para-hydroxylation sites is 1. The molecular weight excluding hydrogens is 424 g/mol. The molecule has 2 fully saturated rings. The normalized spacial score (nSPS) is 20.1. The number of rotatable bonds is 5. The van der Waals surface area contributed by atoms with Crippen LogP contribution >= 0.6 is 0 Å². The van der Waals surface area contributed by atoms with Gasteiger partial charge in [0.1, 0.15) is 17.3 Å². The molecule has 1 N–H and O–H groups in total. The lowest BCUT2D eigenvalue weighted by atomic mass is 9.98. The summed E-state index contributed by atoms with van der Waals surface area (Å²) < 4.78 is 54.8. The van der Waals surface area contributed by atoms with E-state index in [1.165, 1.54) is 22.5 Å². The maximum Gasteiger partial charge on any atom is 0.243 e. The number of hydrogen-bond acceptors (Lipinski definition) is 4. The number of hydrogen-bond donors (Lipinski definition) is 1. The van der Waals surface area contributed by atoms with Crippen molar-refractivity contribution in [2.24, 2.45) is 5.92 Å². The van der Waals surface area contributed by atoms with Crippen molar-refractivity contribution < 1.29 is 22.0 Å². The predicted molar refractivity (Wildman–Crippen MR) is 114 cm³/mol. The molecule has 6 nitrogen and oxygen atoms in total. The van der Waals surface area contributed by atoms with E-state index in [0.29, 0.717) is 18.5 Å². The van der Waals surface area contributed by atoms with Crippen LogP contribution in [0.5, 0.6) is 0 Å². The fraction of sp³-hybridized carbons (Fsp3) is 0.409. The summed E-state index contributed by atoms with van der Waals surface area (Å²) in [5.41, 5.74) is 0.797. The second kappa shape index (κ2) is 8.92. The minimum Gasteiger partial charge on any atom is -0.370 e. The monoisotopic (exact) mass is 449 g/mol. The van der Waals surface area contributed by atoms with Crippen molar-refractivity contribution in [1.82, 2.24) is 4.31 Å². The minimum atomic E-state index is -3.84. The molecule has 0 saturated carbocycles. The van der Waals surface area contributed by atoms with E-state index in [-0.39, 0.29) is 23.7 Å². The van der Waals surface area contributed by atoms with Crippen molar-refractivity contribution in [2.45, 2.75) is 30.6 Å². The number of amides is 1. The summed E-state index contributed by atoms with van der Waals surface area (Å²) in [6.45, 7) is 1.89. The molecule has 2 aromatic carbocycles. The highest BCUT2D eigenvalue weighted by Gasteiger charge is 2.34. The Hall–Kier alpha value is -2.52. The van der Waals surface area contributed by atoms with Crippen LogP contribution in [0.3, 0.4) is 0 Å². The largest absolute Gasteiger partial charge is 0.370 e. The van der Waals surface area contributed by atoms with E-state index in [4.69, 9.17) is 0 Å². The van der Waals surface area contributed by atoms with E-state index in [9.17, 15) is 22.0 Å². The van der Waals surface area contributed by atoms with Crippen molar-refractivity contribution in [3.05, 3.63) is 54.1 Å². The van der Waals surface area contributed by atoms with Crippen molar-refractivity contribution in [3.8, 4) is 0 Å². The Balaban J connectivity index is 1.51. The molecule has 9 heteroatoms. The van der Waals surface area contributed by atoms with Gasteiger partial charge in [-0.2, -0.15) is 4.31 Å². The Morgan fingerprint density at radius 2 is 1.68 bits per heavy atom. The first-order chi connectivity index (χ1) is 14.9. The van der Waals surface area contributed by atoms with Crippen molar-refractivity contribution >= 4 is 27.3 Å². The van der Waals surface area contributed by atoms with Crippen LogP contribution in [0.15, 0.2) is 47.4 Å². The average molecular weight is 450 g/mol. The zero-order valence-corrected chi connectivity index (χ0v) is 17.9. The van der Waals surface area contributed by atoms with Gasteiger partial charge in [-0.1, -0.05) is 6.07 Å². The molecule has 0 radical (unpaired) electrons. The maximum absolute atomic E-state index is 14.6. The van der Waals surface area contributed by atoms with Gasteiger partial charge < -0.3 is 10.2 Å². The quantitative estimate of drug-likeness (QED) is 0.757. The number of nitrogens with one attached hydrogen (secondary N) is 1. The molecule has 31 heavy (non-hydrogen) atoms. The molecule has 2 aliphatic heterocycles. The van der Waals surface area contributed by atoms with Crippen LogP contribution in [0.25, 0.3) is 0 Å². The third kappa shape index (κ3) is 4.57. The molecule has 2 aromatic rings. The Labute approximate surface area is 180 Å². The fourth-order valence-electron chi connectivity index (χ4n) is 4.21. The van der Waals surface area contributed by atoms with Crippen LogP contribution < -0.4 is 10.2 Å². The highest BCUT2D eigenvalue weighted by atomic mass is 32.2. The lowest BCUT2D eigenvalue weighted by molar-refractivity contribution is -0.120. The van der Waals surface area contributed by atoms with Gasteiger partial charge in [0, 0.05) is 26.2 Å². The van der Waals surface area contributed by atoms with Crippen LogP contribution in [-0.2, 0) is 14.8 Å². The molecule has 0 spiro atoms. The molecule has 1 atom stereocenters. The van der Waals surface area contributed by atoms with Crippen molar-refractivity contribution in [2.75, 3.05) is 36.4 Å². The molecule has 2 heterocycles. The second-order valence-electron chi connectivity index (χ2n) is 7.97. The molecule has 1 unspecified atom stereocenters. The standard InChI is InChI=1S/C22H25F2N3O3S/c23-17-8-10-18(11-9-17)31(29,30)27-14-4-5-16(15-27)22(28)25-21-19(24)6-3-7-20(21)26-12-1-2-13-26/h3,6-11,16H,1-2,4-5,12-15H2,(H,25,28). The van der Waals surface area contributed by atoms with Crippen LogP contribution in [-0.4, -0.2) is 44.8 Å². The Morgan fingerprint density at radius 1 is 0.968 bits per heavy atom. The predicted octanol–water partition coefficient (Wildman–Crippen LogP) is 3.60. The molecule has 2 aliphatic rings. The van der Waals surface area contributed by atoms with E-state index in [1.807, 2.05) is 4.90 Å². The summed E-state index contributed by atoms with van der Waals surface area (Å²) in [5.74, 6) is -2.03. The zero-order chi connectivity index (χ0) is 22.0. The summed E-state index contributed by atoms with van der Waals surface area (Å²) in [4.78, 5) is 15.0. The number of carbonyl (C=O) groups is 1. The van der Waals surface area contributed by atoms with Gasteiger partial charge in [-0.3, -0.25) is 4.79 Å². The van der Waals surface area contributed by atoms with Crippen LogP contribution in [0.1, 0.15) is 25.7 Å². The first-order valence-corrected chi connectivity index (χ1v) is 11.9. The molecule has 2 saturated heterocycles. The number of nitrogens with zero attached hydrogens (tertiary/aromatic N) is 2. The third-order valence-electron chi connectivity index (χ3n) is 5.89. The minimum absolute atomic E-state index is 0.000949. The molecule has 0 aliphatic carbocycles. The van der Waals surface area contributed by atoms with E-state index < -0.39 is 33.5 Å². The third-order valence-corrected chi connectivity index (χ3v) is 7.77. The highest BCUT2D eigenvalue weighted by molar-refractivity contribution is 7.89. The number of piperidine rings is 1. The lowest BCUT2D eigenvalue weighted by Gasteiger charge is -2.31. The van der Waals surface area contributed by atoms with E-state index in [0.717, 1.165) is 38.1 Å². The zero-order valence-electron chi connectivity index (χ0n) is 17.1. The first kappa shape index (κ1) is 21.7. The number of carbonyl (C=O) groups excluding carboxylic acids is 1. The lowest BCUT2D eigenvalue weighted by Crippen LogP contribution is -2.43. The molecule has 4 rings (SSSR count). The van der Waals surface area contributed by atoms with Gasteiger partial charge >= 0.3 is 0 Å². The Morgan fingerprint density at radius 3 is 2.39 bits per heavy atom. The Kier molecular flexibility index (Phi) is 6.24. The van der Waals surface area contributed by atoms with E-state index in [2.05, 4.69) is 5.32 Å². The molecule has 0 aromatic heterocycles. The summed E-state index contributed by atoms with van der Waals surface area (Å²) in [6.07, 6.45) is 3.05. The van der Waals surface area contributed by atoms with Gasteiger partial charge in [-0.25, -0.2) is 17.2 Å². The van der Waals surface area contributed by atoms with Crippen LogP contribution in [0, 0.1) is 17.6 Å². The van der Waals surface area contributed by atoms with Gasteiger partial charge in [0.05, 0.1) is 16.5 Å². The Bertz CT molecular complexity index is 1050. The van der Waals surface area contributed by atoms with Crippen molar-refractivity contribution in [1.29, 1.82) is 0 Å². The van der Waals surface area contributed by atoms with E-state index >= 15 is 0 Å². The summed E-state index contributed by atoms with van der Waals surface area (Å²) in [6, 6.07) is 9.35. The fourth-order valence-corrected chi connectivity index (χ4v) is 5.74. The molecule has 1 amide bonds. The smallest absolute Gasteiger partial charge is 0.243 e. The van der Waals surface area contributed by atoms with Gasteiger partial charge in [0.25, 0.3) is 0 Å². The summed E-state index contributed by atoms with van der Waals surface area (Å²) in [5, 5.41) is 2.72.